The van der Waals surface area contributed by atoms with Crippen LogP contribution in [0.1, 0.15) is 139 Å². The van der Waals surface area contributed by atoms with E-state index >= 15 is 0 Å². The first kappa shape index (κ1) is 95.3. The number of nitrogens with zero attached hydrogens (tertiary/aromatic N) is 6. The number of halogens is 2. The molecule has 4 aliphatic rings. The van der Waals surface area contributed by atoms with E-state index in [1.807, 2.05) is 185 Å². The van der Waals surface area contributed by atoms with Gasteiger partial charge in [-0.15, -0.1) is 0 Å². The number of nitrogens with two attached hydrogens (primary N) is 6. The van der Waals surface area contributed by atoms with Crippen LogP contribution in [-0.2, 0) is 28.8 Å². The Morgan fingerprint density at radius 1 is 0.449 bits per heavy atom. The van der Waals surface area contributed by atoms with Crippen LogP contribution in [0.2, 0.25) is 10.0 Å². The minimum absolute atomic E-state index is 0.0155. The van der Waals surface area contributed by atoms with Crippen molar-refractivity contribution in [2.24, 2.45) is 55.3 Å². The smallest absolute Gasteiger partial charge is 0.257 e. The van der Waals surface area contributed by atoms with E-state index in [4.69, 9.17) is 62.3 Å². The summed E-state index contributed by atoms with van der Waals surface area (Å²) in [5.74, 6) is 0.773. The Morgan fingerprint density at radius 3 is 1.13 bits per heavy atom. The second-order valence-electron chi connectivity index (χ2n) is 32.7. The maximum absolute atomic E-state index is 14.0. The van der Waals surface area contributed by atoms with Gasteiger partial charge in [0.2, 0.25) is 29.5 Å². The van der Waals surface area contributed by atoms with Gasteiger partial charge in [0.05, 0.1) is 23.1 Å². The van der Waals surface area contributed by atoms with E-state index in [1.165, 1.54) is 27.8 Å². The van der Waals surface area contributed by atoms with E-state index in [0.717, 1.165) is 29.5 Å². The molecule has 4 fully saturated rings. The summed E-state index contributed by atoms with van der Waals surface area (Å²) in [6.07, 6.45) is 8.60. The highest BCUT2D eigenvalue weighted by atomic mass is 35.5. The lowest BCUT2D eigenvalue weighted by atomic mass is 9.90. The molecule has 27 heteroatoms. The topological polar surface area (TPSA) is 387 Å². The minimum Gasteiger partial charge on any atom is -0.482 e. The Kier molecular flexibility index (Phi) is 37.6. The van der Waals surface area contributed by atoms with E-state index in [2.05, 4.69) is 132 Å². The number of hydrogen-bond donors (Lipinski definition) is 12. The SMILES string of the molecule is C/C(=C\c1ccccc1)C(=O)NC[C@@H]1CCN(CC(c2ccccc2)c2ccccc2)C(=O)[C@H](CCCN=C(N)N)N1.NC(N)=NCCC[C@@H]1N[C@H](CNC(=O)C2CC2c2ccccc2)CCN(CC(c2ccccc2)c2ccccc2)C1=O.NC(N)=NCCC[C@@H]1N[C@H](CNC(=O)COc2ccc(Cl)cc2Cl)CCN(CC(c2ccccc2)c2ccccc2)C1=O. The van der Waals surface area contributed by atoms with Crippen LogP contribution in [0.25, 0.3) is 6.08 Å². The van der Waals surface area contributed by atoms with Gasteiger partial charge in [0.1, 0.15) is 5.75 Å². The Hall–Kier alpha value is -12.4. The molecule has 1 saturated carbocycles. The van der Waals surface area contributed by atoms with Gasteiger partial charge in [-0.25, -0.2) is 0 Å². The maximum atomic E-state index is 14.0. The second-order valence-corrected chi connectivity index (χ2v) is 33.5. The van der Waals surface area contributed by atoms with Crippen LogP contribution in [0.15, 0.2) is 281 Å². The van der Waals surface area contributed by atoms with Crippen LogP contribution in [0.4, 0.5) is 0 Å². The fraction of sp³-hybridized carbons (Fsp3) is 0.350. The fourth-order valence-corrected chi connectivity index (χ4v) is 17.0. The van der Waals surface area contributed by atoms with E-state index in [-0.39, 0.29) is 108 Å². The number of ether oxygens (including phenoxy) is 1. The van der Waals surface area contributed by atoms with Gasteiger partial charge in [-0.1, -0.05) is 266 Å². The summed E-state index contributed by atoms with van der Waals surface area (Å²) in [5.41, 5.74) is 42.8. The summed E-state index contributed by atoms with van der Waals surface area (Å²) in [6, 6.07) is 85.2. The van der Waals surface area contributed by atoms with Crippen molar-refractivity contribution in [1.29, 1.82) is 0 Å². The van der Waals surface area contributed by atoms with Gasteiger partial charge in [0, 0.05) is 131 Å². The molecular weight excluding hydrogens is 1640 g/mol. The number of aliphatic imine (C=N–C) groups is 3. The second kappa shape index (κ2) is 50.1. The van der Waals surface area contributed by atoms with Crippen molar-refractivity contribution >= 4 is 82.6 Å². The summed E-state index contributed by atoms with van der Waals surface area (Å²) in [7, 11) is 0. The first-order valence-corrected chi connectivity index (χ1v) is 44.7. The number of carbonyl (C=O) groups is 6. The first-order valence-electron chi connectivity index (χ1n) is 44.0. The zero-order chi connectivity index (χ0) is 89.7. The molecule has 3 aliphatic heterocycles. The molecule has 25 nitrogen and oxygen atoms in total. The van der Waals surface area contributed by atoms with Crippen molar-refractivity contribution in [2.45, 2.75) is 131 Å². The van der Waals surface area contributed by atoms with E-state index in [0.29, 0.717) is 157 Å². The Bertz CT molecular complexity index is 4920. The molecule has 2 unspecified atom stereocenters. The van der Waals surface area contributed by atoms with Crippen LogP contribution in [0, 0.1) is 5.92 Å². The lowest BCUT2D eigenvalue weighted by Gasteiger charge is -2.29. The molecule has 1 aliphatic carbocycles. The average molecular weight is 1760 g/mol. The van der Waals surface area contributed by atoms with Crippen LogP contribution >= 0.6 is 23.2 Å². The molecule has 9 aromatic carbocycles. The van der Waals surface area contributed by atoms with Crippen LogP contribution in [0.3, 0.4) is 0 Å². The highest BCUT2D eigenvalue weighted by Gasteiger charge is 2.44. The Balaban J connectivity index is 0.000000185. The highest BCUT2D eigenvalue weighted by Crippen LogP contribution is 2.47. The van der Waals surface area contributed by atoms with Crippen molar-refractivity contribution in [3.63, 3.8) is 0 Å². The van der Waals surface area contributed by atoms with Crippen molar-refractivity contribution < 1.29 is 33.5 Å². The van der Waals surface area contributed by atoms with Gasteiger partial charge in [0.15, 0.2) is 24.5 Å². The van der Waals surface area contributed by atoms with Crippen molar-refractivity contribution in [3.8, 4) is 5.75 Å². The lowest BCUT2D eigenvalue weighted by Crippen LogP contribution is -2.49. The fourth-order valence-electron chi connectivity index (χ4n) is 16.5. The maximum Gasteiger partial charge on any atom is 0.257 e. The average Bonchev–Trinajstić information content (AvgIpc) is 1.66. The molecule has 668 valence electrons. The van der Waals surface area contributed by atoms with Gasteiger partial charge in [-0.3, -0.25) is 43.7 Å². The molecule has 127 heavy (non-hydrogen) atoms. The number of rotatable bonds is 37. The molecule has 9 aromatic rings. The molecular formula is C100H122Cl2N18O7. The number of nitrogens with one attached hydrogen (secondary N) is 6. The quantitative estimate of drug-likeness (QED) is 0.00745. The van der Waals surface area contributed by atoms with Gasteiger partial charge in [-0.2, -0.15) is 0 Å². The summed E-state index contributed by atoms with van der Waals surface area (Å²) in [5, 5.41) is 20.6. The Labute approximate surface area is 756 Å². The monoisotopic (exact) mass is 1760 g/mol. The van der Waals surface area contributed by atoms with Gasteiger partial charge < -0.3 is 85.7 Å². The van der Waals surface area contributed by atoms with Crippen LogP contribution < -0.4 is 71.0 Å². The molecule has 0 spiro atoms. The summed E-state index contributed by atoms with van der Waals surface area (Å²) < 4.78 is 5.57. The predicted octanol–water partition coefficient (Wildman–Crippen LogP) is 10.9. The predicted molar refractivity (Wildman–Crippen MR) is 508 cm³/mol. The molecule has 3 saturated heterocycles. The number of carbonyl (C=O) groups excluding carboxylic acids is 6. The number of guanidine groups is 3. The van der Waals surface area contributed by atoms with E-state index in [1.54, 1.807) is 18.2 Å². The Morgan fingerprint density at radius 2 is 0.780 bits per heavy atom. The number of amides is 6. The molecule has 0 radical (unpaired) electrons. The summed E-state index contributed by atoms with van der Waals surface area (Å²) in [6.45, 7) is 7.64. The molecule has 0 bridgehead atoms. The van der Waals surface area contributed by atoms with Crippen molar-refractivity contribution in [1.82, 2.24) is 46.6 Å². The third-order valence-electron chi connectivity index (χ3n) is 23.4. The molecule has 0 aromatic heterocycles. The van der Waals surface area contributed by atoms with Crippen molar-refractivity contribution in [3.05, 3.63) is 321 Å². The third-order valence-corrected chi connectivity index (χ3v) is 23.9. The van der Waals surface area contributed by atoms with Gasteiger partial charge in [0.25, 0.3) is 5.91 Å². The zero-order valence-electron chi connectivity index (χ0n) is 72.3. The van der Waals surface area contributed by atoms with Gasteiger partial charge in [-0.05, 0) is 146 Å². The third kappa shape index (κ3) is 30.7. The van der Waals surface area contributed by atoms with E-state index in [9.17, 15) is 28.8 Å². The molecule has 8 atom stereocenters. The molecule has 6 amide bonds. The zero-order valence-corrected chi connectivity index (χ0v) is 73.8. The lowest BCUT2D eigenvalue weighted by molar-refractivity contribution is -0.133. The van der Waals surface area contributed by atoms with Gasteiger partial charge >= 0.3 is 0 Å². The standard InChI is InChI=1S/2C34H42N6O2.C32H38Cl2N6O3/c35-34(36)37-19-10-17-31-33(42)40(23-30(25-13-6-2-7-14-25)26-15-8-3-9-16-26)20-18-27(39-31)22-38-32(41)29-21-28(29)24-11-4-1-5-12-24;1-25(22-26-12-5-2-6-13-26)32(41)38-23-29-19-21-40(33(42)31(39-29)18-11-20-37-34(35)36)24-30(27-14-7-3-8-15-27)28-16-9-4-10-17-28;33-24-13-14-29(27(34)18-24)43-21-30(41)38-19-25-15-17-40(31(42)28(39-25)12-7-16-37-32(35)36)20-26(22-8-3-1-4-9-22)23-10-5-2-6-11-23/h1-9,11-16,27-31,39H,10,17-23H2,(H,38,41)(H4,35,36,37);2-10,12-17,22,29-31,39H,11,18-21,23-24H2,1H3,(H,38,41)(H4,35,36,37);1-6,8-11,13-14,18,25-26,28,39H,7,12,15-17,19-21H2,(H,38,41)(H4,35,36,37)/b;25-22+;/t27-,28?,29?,31-;29-,31-;25-,28-/m000/s1. The highest BCUT2D eigenvalue weighted by molar-refractivity contribution is 6.35. The largest absolute Gasteiger partial charge is 0.482 e. The van der Waals surface area contributed by atoms with Crippen LogP contribution in [-0.4, -0.2) is 189 Å². The van der Waals surface area contributed by atoms with Crippen LogP contribution in [0.5, 0.6) is 5.75 Å². The van der Waals surface area contributed by atoms with E-state index < -0.39 is 12.1 Å². The summed E-state index contributed by atoms with van der Waals surface area (Å²) >= 11 is 12.1. The molecule has 3 heterocycles. The molecule has 13 rings (SSSR count). The summed E-state index contributed by atoms with van der Waals surface area (Å²) in [4.78, 5) is 98.5. The first-order chi connectivity index (χ1) is 61.7. The van der Waals surface area contributed by atoms with Crippen molar-refractivity contribution in [2.75, 3.05) is 85.1 Å². The number of hydrogen-bond acceptors (Lipinski definition) is 13. The molecule has 18 N–H and O–H groups in total. The minimum atomic E-state index is -0.449. The normalized spacial score (nSPS) is 18.8. The number of benzene rings is 9.